The Morgan fingerprint density at radius 3 is 2.40 bits per heavy atom. The predicted octanol–water partition coefficient (Wildman–Crippen LogP) is 3.88. The third kappa shape index (κ3) is 3.64. The second-order valence-corrected chi connectivity index (χ2v) is 7.50. The maximum absolute atomic E-state index is 13.1. The lowest BCUT2D eigenvalue weighted by atomic mass is 10.1. The van der Waals surface area contributed by atoms with Crippen LogP contribution in [0, 0.1) is 0 Å². The van der Waals surface area contributed by atoms with E-state index < -0.39 is 0 Å². The third-order valence-corrected chi connectivity index (χ3v) is 5.66. The third-order valence-electron chi connectivity index (χ3n) is 4.80. The fraction of sp³-hybridized carbons (Fsp3) is 0.238. The minimum absolute atomic E-state index is 0.192. The number of aromatic nitrogens is 1. The van der Waals surface area contributed by atoms with Crippen molar-refractivity contribution in [1.29, 1.82) is 0 Å². The van der Waals surface area contributed by atoms with Crippen molar-refractivity contribution in [3.8, 4) is 0 Å². The Balaban J connectivity index is 1.55. The van der Waals surface area contributed by atoms with Gasteiger partial charge in [-0.3, -0.25) is 9.78 Å². The van der Waals surface area contributed by atoms with E-state index in [9.17, 15) is 4.79 Å². The molecule has 1 aromatic carbocycles. The summed E-state index contributed by atoms with van der Waals surface area (Å²) >= 11 is 1.71. The average Bonchev–Trinajstić information content (AvgIpc) is 3.29. The van der Waals surface area contributed by atoms with Crippen molar-refractivity contribution in [2.24, 2.45) is 0 Å². The molecule has 2 aromatic heterocycles. The van der Waals surface area contributed by atoms with Crippen LogP contribution in [0.15, 0.2) is 66.3 Å². The van der Waals surface area contributed by atoms with Gasteiger partial charge in [0.2, 0.25) is 5.91 Å². The van der Waals surface area contributed by atoms with Crippen molar-refractivity contribution in [1.82, 2.24) is 9.88 Å². The zero-order valence-corrected chi connectivity index (χ0v) is 14.8. The zero-order chi connectivity index (χ0) is 17.1. The van der Waals surface area contributed by atoms with Crippen LogP contribution in [0.4, 0.5) is 0 Å². The number of pyridine rings is 1. The molecule has 0 atom stereocenters. The molecule has 0 bridgehead atoms. The lowest BCUT2D eigenvalue weighted by molar-refractivity contribution is -0.133. The molecule has 0 radical (unpaired) electrons. The summed E-state index contributed by atoms with van der Waals surface area (Å²) in [4.78, 5) is 20.4. The Morgan fingerprint density at radius 2 is 1.76 bits per heavy atom. The van der Waals surface area contributed by atoms with Crippen molar-refractivity contribution >= 4 is 17.2 Å². The molecule has 0 saturated heterocycles. The highest BCUT2D eigenvalue weighted by atomic mass is 32.1. The highest BCUT2D eigenvalue weighted by Gasteiger charge is 2.30. The van der Waals surface area contributed by atoms with Gasteiger partial charge in [0.25, 0.3) is 0 Å². The first-order valence-corrected chi connectivity index (χ1v) is 9.45. The van der Waals surface area contributed by atoms with Gasteiger partial charge in [0.05, 0.1) is 13.0 Å². The fourth-order valence-corrected chi connectivity index (χ4v) is 4.23. The van der Waals surface area contributed by atoms with Gasteiger partial charge in [-0.15, -0.1) is 11.3 Å². The molecule has 0 fully saturated rings. The number of hydrogen-bond acceptors (Lipinski definition) is 3. The van der Waals surface area contributed by atoms with Crippen LogP contribution in [-0.2, 0) is 30.6 Å². The molecule has 0 saturated carbocycles. The maximum Gasteiger partial charge on any atom is 0.227 e. The molecular weight excluding hydrogens is 328 g/mol. The van der Waals surface area contributed by atoms with Gasteiger partial charge in [-0.2, -0.15) is 0 Å². The van der Waals surface area contributed by atoms with Gasteiger partial charge < -0.3 is 4.90 Å². The molecule has 0 unspecified atom stereocenters. The summed E-state index contributed by atoms with van der Waals surface area (Å²) in [6.45, 7) is 0.695. The molecule has 4 heteroatoms. The molecular formula is C21H20N2OS. The largest absolute Gasteiger partial charge is 0.334 e. The van der Waals surface area contributed by atoms with Crippen LogP contribution in [-0.4, -0.2) is 21.8 Å². The first-order valence-electron chi connectivity index (χ1n) is 8.57. The minimum Gasteiger partial charge on any atom is -0.334 e. The highest BCUT2D eigenvalue weighted by Crippen LogP contribution is 2.27. The summed E-state index contributed by atoms with van der Waals surface area (Å²) in [7, 11) is 0. The Kier molecular flexibility index (Phi) is 4.61. The number of nitrogens with zero attached hydrogens (tertiary/aromatic N) is 2. The standard InChI is InChI=1S/C21H20N2OS/c24-21(12-16-7-9-22-10-8-16)23(15-20-6-3-11-25-20)19-13-17-4-1-2-5-18(17)14-19/h1-11,19H,12-15H2. The molecule has 3 nitrogen and oxygen atoms in total. The zero-order valence-electron chi connectivity index (χ0n) is 14.0. The molecule has 4 rings (SSSR count). The van der Waals surface area contributed by atoms with Crippen LogP contribution < -0.4 is 0 Å². The van der Waals surface area contributed by atoms with Crippen LogP contribution in [0.2, 0.25) is 0 Å². The van der Waals surface area contributed by atoms with Gasteiger partial charge in [-0.25, -0.2) is 0 Å². The number of amides is 1. The van der Waals surface area contributed by atoms with Crippen LogP contribution in [0.25, 0.3) is 0 Å². The SMILES string of the molecule is O=C(Cc1ccncc1)N(Cc1cccs1)C1Cc2ccccc2C1. The Bertz CT molecular complexity index is 820. The number of fused-ring (bicyclic) bond motifs is 1. The number of benzene rings is 1. The van der Waals surface area contributed by atoms with E-state index in [2.05, 4.69) is 51.7 Å². The number of hydrogen-bond donors (Lipinski definition) is 0. The van der Waals surface area contributed by atoms with Crippen molar-refractivity contribution in [2.45, 2.75) is 31.8 Å². The summed E-state index contributed by atoms with van der Waals surface area (Å²) in [5.41, 5.74) is 3.77. The van der Waals surface area contributed by atoms with Crippen LogP contribution in [0.5, 0.6) is 0 Å². The molecule has 0 aliphatic heterocycles. The van der Waals surface area contributed by atoms with Gasteiger partial charge in [-0.1, -0.05) is 30.3 Å². The van der Waals surface area contributed by atoms with Crippen molar-refractivity contribution in [3.63, 3.8) is 0 Å². The van der Waals surface area contributed by atoms with E-state index in [-0.39, 0.29) is 11.9 Å². The summed E-state index contributed by atoms with van der Waals surface area (Å²) in [5.74, 6) is 0.192. The van der Waals surface area contributed by atoms with Gasteiger partial charge in [-0.05, 0) is 53.1 Å². The normalized spacial score (nSPS) is 13.6. The molecule has 25 heavy (non-hydrogen) atoms. The van der Waals surface area contributed by atoms with Crippen LogP contribution in [0.1, 0.15) is 21.6 Å². The van der Waals surface area contributed by atoms with Gasteiger partial charge >= 0.3 is 0 Å². The average molecular weight is 348 g/mol. The number of carbonyl (C=O) groups is 1. The lowest BCUT2D eigenvalue weighted by Gasteiger charge is -2.29. The molecule has 1 aliphatic rings. The summed E-state index contributed by atoms with van der Waals surface area (Å²) in [5, 5.41) is 2.07. The Morgan fingerprint density at radius 1 is 1.04 bits per heavy atom. The molecule has 126 valence electrons. The van der Waals surface area contributed by atoms with E-state index in [4.69, 9.17) is 0 Å². The Hall–Kier alpha value is -2.46. The van der Waals surface area contributed by atoms with Gasteiger partial charge in [0, 0.05) is 23.3 Å². The summed E-state index contributed by atoms with van der Waals surface area (Å²) in [6.07, 6.45) is 5.82. The van der Waals surface area contributed by atoms with E-state index in [1.807, 2.05) is 12.1 Å². The van der Waals surface area contributed by atoms with Gasteiger partial charge in [0.15, 0.2) is 0 Å². The monoisotopic (exact) mass is 348 g/mol. The minimum atomic E-state index is 0.192. The fourth-order valence-electron chi connectivity index (χ4n) is 3.52. The number of thiophene rings is 1. The van der Waals surface area contributed by atoms with Crippen molar-refractivity contribution in [2.75, 3.05) is 0 Å². The van der Waals surface area contributed by atoms with E-state index in [1.54, 1.807) is 23.7 Å². The molecule has 3 aromatic rings. The molecule has 2 heterocycles. The van der Waals surface area contributed by atoms with E-state index in [0.717, 1.165) is 18.4 Å². The molecule has 0 N–H and O–H groups in total. The summed E-state index contributed by atoms with van der Waals surface area (Å²) in [6, 6.07) is 16.8. The topological polar surface area (TPSA) is 33.2 Å². The van der Waals surface area contributed by atoms with Crippen LogP contribution in [0.3, 0.4) is 0 Å². The molecule has 0 spiro atoms. The Labute approximate surface area is 152 Å². The quantitative estimate of drug-likeness (QED) is 0.701. The van der Waals surface area contributed by atoms with E-state index >= 15 is 0 Å². The summed E-state index contributed by atoms with van der Waals surface area (Å²) < 4.78 is 0. The van der Waals surface area contributed by atoms with Gasteiger partial charge in [0.1, 0.15) is 0 Å². The maximum atomic E-state index is 13.1. The number of rotatable bonds is 5. The first kappa shape index (κ1) is 16.0. The second kappa shape index (κ2) is 7.19. The van der Waals surface area contributed by atoms with E-state index in [0.29, 0.717) is 13.0 Å². The first-order chi connectivity index (χ1) is 12.3. The second-order valence-electron chi connectivity index (χ2n) is 6.46. The number of carbonyl (C=O) groups excluding carboxylic acids is 1. The molecule has 1 aliphatic carbocycles. The van der Waals surface area contributed by atoms with Crippen LogP contribution >= 0.6 is 11.3 Å². The predicted molar refractivity (Wildman–Crippen MR) is 100 cm³/mol. The van der Waals surface area contributed by atoms with Crippen molar-refractivity contribution in [3.05, 3.63) is 87.9 Å². The lowest BCUT2D eigenvalue weighted by Crippen LogP contribution is -2.41. The molecule has 1 amide bonds. The van der Waals surface area contributed by atoms with E-state index in [1.165, 1.54) is 16.0 Å². The highest BCUT2D eigenvalue weighted by molar-refractivity contribution is 7.09. The van der Waals surface area contributed by atoms with Crippen molar-refractivity contribution < 1.29 is 4.79 Å². The smallest absolute Gasteiger partial charge is 0.227 e.